The predicted octanol–water partition coefficient (Wildman–Crippen LogP) is 1.91. The van der Waals surface area contributed by atoms with Gasteiger partial charge >= 0.3 is 0 Å². The molecule has 1 N–H and O–H groups in total. The lowest BCUT2D eigenvalue weighted by Crippen LogP contribution is -2.00. The maximum Gasteiger partial charge on any atom is 0.160 e. The first-order chi connectivity index (χ1) is 7.63. The maximum atomic E-state index is 10.8. The van der Waals surface area contributed by atoms with Crippen molar-refractivity contribution in [3.05, 3.63) is 23.3 Å². The van der Waals surface area contributed by atoms with E-state index < -0.39 is 0 Å². The third kappa shape index (κ3) is 2.39. The fraction of sp³-hybridized carbons (Fsp3) is 0.333. The number of rotatable bonds is 5. The van der Waals surface area contributed by atoms with Crippen molar-refractivity contribution in [3.63, 3.8) is 0 Å². The van der Waals surface area contributed by atoms with Gasteiger partial charge in [0.25, 0.3) is 0 Å². The van der Waals surface area contributed by atoms with E-state index in [2.05, 4.69) is 0 Å². The third-order valence-corrected chi connectivity index (χ3v) is 2.49. The summed E-state index contributed by atoms with van der Waals surface area (Å²) in [6.07, 6.45) is 1.79. The molecule has 1 rings (SSSR count). The number of hydrogen-bond acceptors (Lipinski definition) is 4. The molecule has 0 aliphatic carbocycles. The minimum absolute atomic E-state index is 0.0767. The Labute approximate surface area is 93.9 Å². The Morgan fingerprint density at radius 1 is 1.44 bits per heavy atom. The van der Waals surface area contributed by atoms with E-state index in [0.717, 1.165) is 6.29 Å². The molecule has 0 fully saturated rings. The van der Waals surface area contributed by atoms with Gasteiger partial charge in [0.05, 0.1) is 7.11 Å². The second-order valence-electron chi connectivity index (χ2n) is 3.57. The molecule has 0 saturated carbocycles. The highest BCUT2D eigenvalue weighted by Gasteiger charge is 2.14. The van der Waals surface area contributed by atoms with E-state index in [1.54, 1.807) is 6.07 Å². The average molecular weight is 222 g/mol. The van der Waals surface area contributed by atoms with E-state index >= 15 is 0 Å². The standard InChI is InChI=1S/C12H14O4/c1-8(3-4-13)10-6-12(16-2)11(15)5-9(10)7-14/h4-8,15H,3H2,1-2H3. The molecule has 16 heavy (non-hydrogen) atoms. The Kier molecular flexibility index (Phi) is 4.05. The minimum Gasteiger partial charge on any atom is -0.504 e. The Hall–Kier alpha value is -1.84. The molecular formula is C12H14O4. The van der Waals surface area contributed by atoms with Gasteiger partial charge in [-0.2, -0.15) is 0 Å². The number of phenols is 1. The number of aldehydes is 2. The van der Waals surface area contributed by atoms with Gasteiger partial charge in [0.2, 0.25) is 0 Å². The summed E-state index contributed by atoms with van der Waals surface area (Å²) in [5, 5.41) is 9.51. The molecule has 0 radical (unpaired) electrons. The zero-order valence-electron chi connectivity index (χ0n) is 9.27. The van der Waals surface area contributed by atoms with E-state index in [0.29, 0.717) is 29.6 Å². The molecule has 0 aliphatic heterocycles. The lowest BCUT2D eigenvalue weighted by molar-refractivity contribution is -0.108. The van der Waals surface area contributed by atoms with Crippen LogP contribution < -0.4 is 4.74 Å². The Bertz CT molecular complexity index is 398. The van der Waals surface area contributed by atoms with Crippen molar-refractivity contribution < 1.29 is 19.4 Å². The second kappa shape index (κ2) is 5.30. The first-order valence-electron chi connectivity index (χ1n) is 4.93. The highest BCUT2D eigenvalue weighted by molar-refractivity contribution is 5.79. The van der Waals surface area contributed by atoms with Gasteiger partial charge in [-0.05, 0) is 23.6 Å². The summed E-state index contributed by atoms with van der Waals surface area (Å²) in [4.78, 5) is 21.3. The first-order valence-corrected chi connectivity index (χ1v) is 4.93. The van der Waals surface area contributed by atoms with Crippen molar-refractivity contribution in [2.45, 2.75) is 19.3 Å². The SMILES string of the molecule is COc1cc(C(C)CC=O)c(C=O)cc1O. The van der Waals surface area contributed by atoms with E-state index in [1.807, 2.05) is 6.92 Å². The van der Waals surface area contributed by atoms with Gasteiger partial charge in [-0.3, -0.25) is 4.79 Å². The molecule has 0 aliphatic rings. The van der Waals surface area contributed by atoms with Gasteiger partial charge in [-0.25, -0.2) is 0 Å². The number of methoxy groups -OCH3 is 1. The normalized spacial score (nSPS) is 11.9. The van der Waals surface area contributed by atoms with Gasteiger partial charge in [0.15, 0.2) is 11.5 Å². The van der Waals surface area contributed by atoms with Crippen molar-refractivity contribution >= 4 is 12.6 Å². The highest BCUT2D eigenvalue weighted by atomic mass is 16.5. The van der Waals surface area contributed by atoms with Crippen LogP contribution in [-0.4, -0.2) is 24.8 Å². The predicted molar refractivity (Wildman–Crippen MR) is 59.1 cm³/mol. The lowest BCUT2D eigenvalue weighted by Gasteiger charge is -2.13. The van der Waals surface area contributed by atoms with Gasteiger partial charge in [-0.1, -0.05) is 6.92 Å². The van der Waals surface area contributed by atoms with Gasteiger partial charge in [0.1, 0.15) is 12.6 Å². The van der Waals surface area contributed by atoms with Crippen LogP contribution in [0.2, 0.25) is 0 Å². The van der Waals surface area contributed by atoms with Crippen LogP contribution in [0.5, 0.6) is 11.5 Å². The number of ether oxygens (including phenoxy) is 1. The van der Waals surface area contributed by atoms with Crippen LogP contribution >= 0.6 is 0 Å². The van der Waals surface area contributed by atoms with Crippen molar-refractivity contribution in [1.82, 2.24) is 0 Å². The first kappa shape index (κ1) is 12.2. The van der Waals surface area contributed by atoms with Crippen LogP contribution in [-0.2, 0) is 4.79 Å². The van der Waals surface area contributed by atoms with Crippen LogP contribution in [0.25, 0.3) is 0 Å². The zero-order chi connectivity index (χ0) is 12.1. The summed E-state index contributed by atoms with van der Waals surface area (Å²) in [6.45, 7) is 1.84. The van der Waals surface area contributed by atoms with Crippen molar-refractivity contribution in [2.24, 2.45) is 0 Å². The molecule has 1 unspecified atom stereocenters. The van der Waals surface area contributed by atoms with Crippen LogP contribution in [0.3, 0.4) is 0 Å². The molecular weight excluding hydrogens is 208 g/mol. The van der Waals surface area contributed by atoms with Crippen molar-refractivity contribution in [2.75, 3.05) is 7.11 Å². The molecule has 1 aromatic rings. The van der Waals surface area contributed by atoms with E-state index in [9.17, 15) is 14.7 Å². The summed E-state index contributed by atoms with van der Waals surface area (Å²) in [7, 11) is 1.43. The number of hydrogen-bond donors (Lipinski definition) is 1. The molecule has 0 aromatic heterocycles. The van der Waals surface area contributed by atoms with Crippen LogP contribution in [0.15, 0.2) is 12.1 Å². The molecule has 0 spiro atoms. The van der Waals surface area contributed by atoms with E-state index in [-0.39, 0.29) is 11.7 Å². The maximum absolute atomic E-state index is 10.8. The minimum atomic E-state index is -0.0772. The molecule has 86 valence electrons. The number of carbonyl (C=O) groups excluding carboxylic acids is 2. The summed E-state index contributed by atoms with van der Waals surface area (Å²) < 4.78 is 4.96. The summed E-state index contributed by atoms with van der Waals surface area (Å²) in [5.41, 5.74) is 1.09. The van der Waals surface area contributed by atoms with Gasteiger partial charge in [-0.15, -0.1) is 0 Å². The molecule has 0 heterocycles. The van der Waals surface area contributed by atoms with Crippen molar-refractivity contribution in [1.29, 1.82) is 0 Å². The number of carbonyl (C=O) groups is 2. The van der Waals surface area contributed by atoms with Gasteiger partial charge in [0, 0.05) is 12.0 Å². The summed E-state index contributed by atoms with van der Waals surface area (Å²) in [6, 6.07) is 2.94. The Morgan fingerprint density at radius 3 is 2.62 bits per heavy atom. The number of aromatic hydroxyl groups is 1. The Balaban J connectivity index is 3.23. The topological polar surface area (TPSA) is 63.6 Å². The molecule has 1 atom stereocenters. The van der Waals surface area contributed by atoms with Crippen LogP contribution in [0.1, 0.15) is 35.2 Å². The van der Waals surface area contributed by atoms with Gasteiger partial charge < -0.3 is 14.6 Å². The fourth-order valence-corrected chi connectivity index (χ4v) is 1.56. The van der Waals surface area contributed by atoms with Crippen molar-refractivity contribution in [3.8, 4) is 11.5 Å². The quantitative estimate of drug-likeness (QED) is 0.773. The van der Waals surface area contributed by atoms with E-state index in [1.165, 1.54) is 13.2 Å². The largest absolute Gasteiger partial charge is 0.504 e. The number of phenolic OH excluding ortho intramolecular Hbond substituents is 1. The van der Waals surface area contributed by atoms with Crippen LogP contribution in [0, 0.1) is 0 Å². The molecule has 0 amide bonds. The highest BCUT2D eigenvalue weighted by Crippen LogP contribution is 2.33. The zero-order valence-corrected chi connectivity index (χ0v) is 9.27. The molecule has 1 aromatic carbocycles. The smallest absolute Gasteiger partial charge is 0.160 e. The Morgan fingerprint density at radius 2 is 2.12 bits per heavy atom. The summed E-state index contributed by atoms with van der Waals surface area (Å²) >= 11 is 0. The average Bonchev–Trinajstić information content (AvgIpc) is 2.28. The monoisotopic (exact) mass is 222 g/mol. The third-order valence-electron chi connectivity index (χ3n) is 2.49. The molecule has 4 nitrogen and oxygen atoms in total. The van der Waals surface area contributed by atoms with E-state index in [4.69, 9.17) is 4.74 Å². The number of benzene rings is 1. The summed E-state index contributed by atoms with van der Waals surface area (Å²) in [5.74, 6) is 0.150. The molecule has 0 saturated heterocycles. The molecule has 4 heteroatoms. The van der Waals surface area contributed by atoms with Crippen LogP contribution in [0.4, 0.5) is 0 Å². The fourth-order valence-electron chi connectivity index (χ4n) is 1.56. The molecule has 0 bridgehead atoms. The lowest BCUT2D eigenvalue weighted by atomic mass is 9.93. The second-order valence-corrected chi connectivity index (χ2v) is 3.57.